The molecule has 0 aliphatic carbocycles. The molecule has 0 radical (unpaired) electrons. The van der Waals surface area contributed by atoms with Crippen molar-refractivity contribution in [3.8, 4) is 0 Å². The first-order valence-corrected chi connectivity index (χ1v) is 6.53. The van der Waals surface area contributed by atoms with E-state index in [1.54, 1.807) is 0 Å². The highest BCUT2D eigenvalue weighted by atomic mass is 35.6. The summed E-state index contributed by atoms with van der Waals surface area (Å²) in [7, 11) is 0.778. The van der Waals surface area contributed by atoms with Crippen molar-refractivity contribution in [1.29, 1.82) is 0 Å². The third-order valence-electron chi connectivity index (χ3n) is 0.508. The summed E-state index contributed by atoms with van der Waals surface area (Å²) in [6, 6.07) is 0. The van der Waals surface area contributed by atoms with E-state index in [4.69, 9.17) is 26.0 Å². The Kier molecular flexibility index (Phi) is 50.1. The van der Waals surface area contributed by atoms with Crippen molar-refractivity contribution in [3.05, 3.63) is 0 Å². The number of aliphatic hydroxyl groups is 2. The largest absolute Gasteiger partial charge is 0.394 e. The van der Waals surface area contributed by atoms with E-state index < -0.39 is 0 Å². The molecule has 0 aliphatic heterocycles. The molecule has 0 saturated carbocycles. The zero-order valence-corrected chi connectivity index (χ0v) is 10.3. The minimum absolute atomic E-state index is 0.125. The number of ether oxygens (including phenoxy) is 1. The summed E-state index contributed by atoms with van der Waals surface area (Å²) in [6.45, 7) is 5.42. The van der Waals surface area contributed by atoms with Crippen LogP contribution in [-0.4, -0.2) is 46.2 Å². The van der Waals surface area contributed by atoms with Gasteiger partial charge in [0.2, 0.25) is 0 Å². The lowest BCUT2D eigenvalue weighted by atomic mass is 10.8. The summed E-state index contributed by atoms with van der Waals surface area (Å²) < 4.78 is 4.83. The predicted molar refractivity (Wildman–Crippen MR) is 52.1 cm³/mol. The van der Waals surface area contributed by atoms with Crippen LogP contribution in [0.15, 0.2) is 0 Å². The first-order valence-electron chi connectivity index (χ1n) is 3.50. The minimum Gasteiger partial charge on any atom is -0.394 e. The number of aliphatic hydroxyl groups excluding tert-OH is 2. The second kappa shape index (κ2) is 31.5. The molecule has 5 heteroatoms. The van der Waals surface area contributed by atoms with Gasteiger partial charge in [0.05, 0.1) is 13.2 Å². The molecule has 0 aromatic rings. The van der Waals surface area contributed by atoms with Crippen LogP contribution in [-0.2, 0) is 4.74 Å². The topological polar surface area (TPSA) is 49.7 Å². The molecule has 72 valence electrons. The highest BCUT2D eigenvalue weighted by Gasteiger charge is 1.64. The third kappa shape index (κ3) is 63.7. The van der Waals surface area contributed by atoms with Crippen molar-refractivity contribution in [3.63, 3.8) is 0 Å². The van der Waals surface area contributed by atoms with Gasteiger partial charge in [0.1, 0.15) is 9.55 Å². The van der Waals surface area contributed by atoms with Gasteiger partial charge in [-0.25, -0.2) is 0 Å². The quantitative estimate of drug-likeness (QED) is 0.480. The zero-order chi connectivity index (χ0) is 9.54. The lowest BCUT2D eigenvalue weighted by molar-refractivity contribution is 0.162. The third-order valence-corrected chi connectivity index (χ3v) is 0.508. The average Bonchev–Trinajstić information content (AvgIpc) is 2.10. The lowest BCUT2D eigenvalue weighted by Gasteiger charge is -1.86. The van der Waals surface area contributed by atoms with Gasteiger partial charge in [-0.1, -0.05) is 0 Å². The molecule has 0 spiro atoms. The molecule has 11 heavy (non-hydrogen) atoms. The van der Waals surface area contributed by atoms with Crippen LogP contribution in [0, 0.1) is 0 Å². The molecule has 0 rings (SSSR count). The van der Waals surface area contributed by atoms with Crippen LogP contribution in [0.2, 0.25) is 0 Å². The molecule has 0 heterocycles. The van der Waals surface area contributed by atoms with Crippen molar-refractivity contribution < 1.29 is 14.9 Å². The summed E-state index contributed by atoms with van der Waals surface area (Å²) in [5, 5.41) is 15.2. The Morgan fingerprint density at radius 2 is 1.36 bits per heavy atom. The van der Waals surface area contributed by atoms with Crippen LogP contribution < -0.4 is 0 Å². The molecule has 0 fully saturated rings. The Balaban J connectivity index is -0.0000000965. The van der Waals surface area contributed by atoms with Gasteiger partial charge in [0.15, 0.2) is 0 Å². The monoisotopic (exact) mass is 202 g/mol. The van der Waals surface area contributed by atoms with Gasteiger partial charge in [0, 0.05) is 13.2 Å². The number of hydrogen-bond donors (Lipinski definition) is 2. The molecule has 0 unspecified atom stereocenters. The van der Waals surface area contributed by atoms with Gasteiger partial charge in [-0.3, -0.25) is 0 Å². The number of rotatable bonds is 3. The van der Waals surface area contributed by atoms with Gasteiger partial charge < -0.3 is 14.9 Å². The van der Waals surface area contributed by atoms with E-state index in [0.29, 0.717) is 0 Å². The van der Waals surface area contributed by atoms with Crippen molar-refractivity contribution >= 4 is 20.6 Å². The Bertz CT molecular complexity index is 37.0. The van der Waals surface area contributed by atoms with E-state index in [1.165, 1.54) is 0 Å². The van der Waals surface area contributed by atoms with E-state index >= 15 is 0 Å². The van der Waals surface area contributed by atoms with Crippen LogP contribution in [0.5, 0.6) is 0 Å². The van der Waals surface area contributed by atoms with Crippen LogP contribution in [0.3, 0.4) is 0 Å². The summed E-state index contributed by atoms with van der Waals surface area (Å²) in [5.41, 5.74) is 0. The smallest absolute Gasteiger partial charge is 0.109 e. The molecule has 0 atom stereocenters. The van der Waals surface area contributed by atoms with Gasteiger partial charge in [0.25, 0.3) is 0 Å². The standard InChI is InChI=1S/C4H10O.C2H6O2.ClH3Si/c1-3-5-4-2;3-1-2-4;1-2/h3-4H2,1-2H3;3-4H,1-2H2;2H3. The van der Waals surface area contributed by atoms with Crippen LogP contribution in [0.4, 0.5) is 0 Å². The van der Waals surface area contributed by atoms with Crippen LogP contribution >= 0.6 is 11.1 Å². The molecule has 3 nitrogen and oxygen atoms in total. The lowest BCUT2D eigenvalue weighted by Crippen LogP contribution is -1.85. The van der Waals surface area contributed by atoms with Crippen molar-refractivity contribution in [1.82, 2.24) is 0 Å². The fourth-order valence-corrected chi connectivity index (χ4v) is 0.204. The second-order valence-corrected chi connectivity index (χ2v) is 1.23. The summed E-state index contributed by atoms with van der Waals surface area (Å²) >= 11 is 4.78. The zero-order valence-electron chi connectivity index (χ0n) is 7.51. The molecule has 0 bridgehead atoms. The molecule has 2 N–H and O–H groups in total. The fourth-order valence-electron chi connectivity index (χ4n) is 0.204. The maximum atomic E-state index is 7.62. The summed E-state index contributed by atoms with van der Waals surface area (Å²) in [5.74, 6) is 0. The van der Waals surface area contributed by atoms with E-state index in [9.17, 15) is 0 Å². The fraction of sp³-hybridized carbons (Fsp3) is 1.00. The highest BCUT2D eigenvalue weighted by molar-refractivity contribution is 6.80. The maximum absolute atomic E-state index is 7.62. The van der Waals surface area contributed by atoms with Crippen molar-refractivity contribution in [2.24, 2.45) is 0 Å². The Morgan fingerprint density at radius 1 is 1.09 bits per heavy atom. The van der Waals surface area contributed by atoms with Gasteiger partial charge >= 0.3 is 0 Å². The van der Waals surface area contributed by atoms with Gasteiger partial charge in [-0.15, -0.1) is 0 Å². The Morgan fingerprint density at radius 3 is 1.36 bits per heavy atom. The Hall–Kier alpha value is 0.387. The molecular formula is C6H19ClO3Si. The SMILES string of the molecule is CCOCC.OCCO.[SiH3]Cl. The molecule has 0 aliphatic rings. The van der Waals surface area contributed by atoms with E-state index in [-0.39, 0.29) is 13.2 Å². The highest BCUT2D eigenvalue weighted by Crippen LogP contribution is 1.64. The average molecular weight is 203 g/mol. The maximum Gasteiger partial charge on any atom is 0.109 e. The summed E-state index contributed by atoms with van der Waals surface area (Å²) in [6.07, 6.45) is 0. The number of halogens is 1. The number of hydrogen-bond acceptors (Lipinski definition) is 3. The van der Waals surface area contributed by atoms with Gasteiger partial charge in [-0.2, -0.15) is 11.1 Å². The predicted octanol–water partition coefficient (Wildman–Crippen LogP) is -0.481. The van der Waals surface area contributed by atoms with E-state index in [2.05, 4.69) is 0 Å². The normalized spacial score (nSPS) is 7.36. The first kappa shape index (κ1) is 17.5. The molecule has 0 saturated heterocycles. The molecular weight excluding hydrogens is 184 g/mol. The molecule has 0 amide bonds. The van der Waals surface area contributed by atoms with Crippen molar-refractivity contribution in [2.45, 2.75) is 13.8 Å². The first-order chi connectivity index (χ1) is 5.33. The van der Waals surface area contributed by atoms with E-state index in [0.717, 1.165) is 22.8 Å². The second-order valence-electron chi connectivity index (χ2n) is 1.23. The van der Waals surface area contributed by atoms with Crippen LogP contribution in [0.25, 0.3) is 0 Å². The van der Waals surface area contributed by atoms with Crippen molar-refractivity contribution in [2.75, 3.05) is 26.4 Å². The summed E-state index contributed by atoms with van der Waals surface area (Å²) in [4.78, 5) is 0. The Labute approximate surface area is 76.5 Å². The van der Waals surface area contributed by atoms with Crippen LogP contribution in [0.1, 0.15) is 13.8 Å². The minimum atomic E-state index is -0.125. The van der Waals surface area contributed by atoms with Gasteiger partial charge in [-0.05, 0) is 13.8 Å². The molecule has 0 aromatic heterocycles. The van der Waals surface area contributed by atoms with E-state index in [1.807, 2.05) is 13.8 Å². The molecule has 0 aromatic carbocycles.